The quantitative estimate of drug-likeness (QED) is 0.692. The minimum Gasteiger partial charge on any atom is -0.507 e. The van der Waals surface area contributed by atoms with E-state index in [2.05, 4.69) is 14.9 Å². The molecule has 0 saturated carbocycles. The molecule has 7 heteroatoms. The van der Waals surface area contributed by atoms with Crippen LogP contribution in [0.3, 0.4) is 0 Å². The first kappa shape index (κ1) is 14.1. The maximum absolute atomic E-state index is 11.2. The summed E-state index contributed by atoms with van der Waals surface area (Å²) in [5.41, 5.74) is 0.903. The fourth-order valence-electron chi connectivity index (χ4n) is 1.49. The molecule has 2 aromatic rings. The molecule has 104 valence electrons. The minimum absolute atomic E-state index is 0.0941. The number of aromatic hydroxyl groups is 1. The van der Waals surface area contributed by atoms with Gasteiger partial charge in [0, 0.05) is 11.6 Å². The highest BCUT2D eigenvalue weighted by Gasteiger charge is 2.10. The van der Waals surface area contributed by atoms with Gasteiger partial charge in [-0.2, -0.15) is 0 Å². The van der Waals surface area contributed by atoms with Crippen molar-refractivity contribution in [2.24, 2.45) is 0 Å². The number of hydrogen-bond acceptors (Lipinski definition) is 6. The smallest absolute Gasteiger partial charge is 0.507 e. The third kappa shape index (κ3) is 3.36. The van der Waals surface area contributed by atoms with Crippen molar-refractivity contribution >= 4 is 17.8 Å². The van der Waals surface area contributed by atoms with Crippen molar-refractivity contribution < 1.29 is 19.4 Å². The summed E-state index contributed by atoms with van der Waals surface area (Å²) in [5, 5.41) is 17.7. The summed E-state index contributed by atoms with van der Waals surface area (Å²) in [6.45, 7) is 1.88. The van der Waals surface area contributed by atoms with Gasteiger partial charge in [0.2, 0.25) is 0 Å². The number of nitrogens with zero attached hydrogens (tertiary/aromatic N) is 2. The van der Waals surface area contributed by atoms with Gasteiger partial charge in [-0.3, -0.25) is 0 Å². The Bertz CT molecular complexity index is 616. The number of carbonyl (C=O) groups excluding carboxylic acids is 1. The number of benzene rings is 1. The van der Waals surface area contributed by atoms with E-state index in [9.17, 15) is 9.90 Å². The summed E-state index contributed by atoms with van der Waals surface area (Å²) in [5.74, 6) is 0.0787. The fourth-order valence-corrected chi connectivity index (χ4v) is 1.60. The Balaban J connectivity index is 2.21. The molecular formula is C13H11ClN2O4. The lowest BCUT2D eigenvalue weighted by Gasteiger charge is -2.07. The third-order valence-electron chi connectivity index (χ3n) is 2.34. The SMILES string of the molecule is CCOC(=O)Oc1ccc(-c2ccc(Cl)nn2)c(O)c1. The number of phenols is 1. The lowest BCUT2D eigenvalue weighted by Crippen LogP contribution is -2.09. The monoisotopic (exact) mass is 294 g/mol. The van der Waals surface area contributed by atoms with E-state index in [0.717, 1.165) is 0 Å². The van der Waals surface area contributed by atoms with E-state index in [1.54, 1.807) is 25.1 Å². The van der Waals surface area contributed by atoms with Gasteiger partial charge >= 0.3 is 6.16 Å². The zero-order chi connectivity index (χ0) is 14.5. The molecule has 0 aliphatic carbocycles. The highest BCUT2D eigenvalue weighted by atomic mass is 35.5. The second kappa shape index (κ2) is 6.21. The Morgan fingerprint density at radius 2 is 2.10 bits per heavy atom. The van der Waals surface area contributed by atoms with Gasteiger partial charge in [0.15, 0.2) is 5.15 Å². The first-order valence-electron chi connectivity index (χ1n) is 5.77. The third-order valence-corrected chi connectivity index (χ3v) is 2.54. The van der Waals surface area contributed by atoms with Gasteiger partial charge in [-0.25, -0.2) is 4.79 Å². The van der Waals surface area contributed by atoms with E-state index in [1.165, 1.54) is 12.1 Å². The van der Waals surface area contributed by atoms with Crippen LogP contribution >= 0.6 is 11.6 Å². The predicted octanol–water partition coefficient (Wildman–Crippen LogP) is 3.04. The number of aromatic nitrogens is 2. The van der Waals surface area contributed by atoms with Crippen LogP contribution in [0.4, 0.5) is 4.79 Å². The zero-order valence-corrected chi connectivity index (χ0v) is 11.3. The summed E-state index contributed by atoms with van der Waals surface area (Å²) in [4.78, 5) is 11.2. The first-order chi connectivity index (χ1) is 9.60. The molecule has 0 saturated heterocycles. The van der Waals surface area contributed by atoms with Crippen LogP contribution in [-0.4, -0.2) is 28.1 Å². The van der Waals surface area contributed by atoms with Crippen molar-refractivity contribution in [1.82, 2.24) is 10.2 Å². The Morgan fingerprint density at radius 3 is 2.70 bits per heavy atom. The molecule has 1 aromatic heterocycles. The Kier molecular flexibility index (Phi) is 4.37. The summed E-state index contributed by atoms with van der Waals surface area (Å²) >= 11 is 5.64. The van der Waals surface area contributed by atoms with Crippen LogP contribution in [0.5, 0.6) is 11.5 Å². The summed E-state index contributed by atoms with van der Waals surface area (Å²) in [6.07, 6.45) is -0.828. The van der Waals surface area contributed by atoms with Crippen LogP contribution in [-0.2, 0) is 4.74 Å². The van der Waals surface area contributed by atoms with E-state index in [-0.39, 0.29) is 23.3 Å². The molecule has 1 N–H and O–H groups in total. The molecule has 0 amide bonds. The summed E-state index contributed by atoms with van der Waals surface area (Å²) in [6, 6.07) is 7.55. The van der Waals surface area contributed by atoms with Crippen LogP contribution in [0.1, 0.15) is 6.92 Å². The number of rotatable bonds is 3. The van der Waals surface area contributed by atoms with E-state index in [4.69, 9.17) is 16.3 Å². The Morgan fingerprint density at radius 1 is 1.30 bits per heavy atom. The van der Waals surface area contributed by atoms with Crippen molar-refractivity contribution in [1.29, 1.82) is 0 Å². The molecule has 0 fully saturated rings. The lowest BCUT2D eigenvalue weighted by molar-refractivity contribution is 0.104. The number of ether oxygens (including phenoxy) is 2. The molecule has 0 spiro atoms. The molecule has 0 unspecified atom stereocenters. The molecule has 0 radical (unpaired) electrons. The zero-order valence-electron chi connectivity index (χ0n) is 10.5. The van der Waals surface area contributed by atoms with Crippen LogP contribution in [0.2, 0.25) is 5.15 Å². The van der Waals surface area contributed by atoms with Crippen molar-refractivity contribution in [3.05, 3.63) is 35.5 Å². The average molecular weight is 295 g/mol. The van der Waals surface area contributed by atoms with Gasteiger partial charge in [-0.1, -0.05) is 11.6 Å². The highest BCUT2D eigenvalue weighted by Crippen LogP contribution is 2.31. The van der Waals surface area contributed by atoms with Crippen molar-refractivity contribution in [2.45, 2.75) is 6.92 Å². The molecule has 2 rings (SSSR count). The molecule has 0 atom stereocenters. The minimum atomic E-state index is -0.828. The van der Waals surface area contributed by atoms with Crippen LogP contribution in [0.15, 0.2) is 30.3 Å². The second-order valence-corrected chi connectivity index (χ2v) is 4.09. The highest BCUT2D eigenvalue weighted by molar-refractivity contribution is 6.29. The average Bonchev–Trinajstić information content (AvgIpc) is 2.40. The summed E-state index contributed by atoms with van der Waals surface area (Å²) < 4.78 is 9.50. The molecular weight excluding hydrogens is 284 g/mol. The van der Waals surface area contributed by atoms with E-state index in [0.29, 0.717) is 11.3 Å². The molecule has 6 nitrogen and oxygen atoms in total. The van der Waals surface area contributed by atoms with Crippen molar-refractivity contribution in [3.63, 3.8) is 0 Å². The number of phenolic OH excluding ortho intramolecular Hbond substituents is 1. The molecule has 1 heterocycles. The van der Waals surface area contributed by atoms with Crippen molar-refractivity contribution in [2.75, 3.05) is 6.61 Å². The largest absolute Gasteiger partial charge is 0.513 e. The molecule has 1 aromatic carbocycles. The van der Waals surface area contributed by atoms with Gasteiger partial charge in [0.1, 0.15) is 11.5 Å². The van der Waals surface area contributed by atoms with Gasteiger partial charge in [-0.05, 0) is 31.2 Å². The van der Waals surface area contributed by atoms with Gasteiger partial charge in [0.05, 0.1) is 12.3 Å². The topological polar surface area (TPSA) is 81.5 Å². The van der Waals surface area contributed by atoms with Gasteiger partial charge < -0.3 is 14.6 Å². The maximum atomic E-state index is 11.2. The normalized spacial score (nSPS) is 10.1. The molecule has 0 bridgehead atoms. The lowest BCUT2D eigenvalue weighted by atomic mass is 10.1. The maximum Gasteiger partial charge on any atom is 0.513 e. The van der Waals surface area contributed by atoms with Crippen molar-refractivity contribution in [3.8, 4) is 22.8 Å². The molecule has 0 aliphatic heterocycles. The van der Waals surface area contributed by atoms with Crippen LogP contribution < -0.4 is 4.74 Å². The first-order valence-corrected chi connectivity index (χ1v) is 6.15. The predicted molar refractivity (Wildman–Crippen MR) is 71.8 cm³/mol. The molecule has 20 heavy (non-hydrogen) atoms. The molecule has 0 aliphatic rings. The van der Waals surface area contributed by atoms with Crippen LogP contribution in [0.25, 0.3) is 11.3 Å². The fraction of sp³-hybridized carbons (Fsp3) is 0.154. The number of carbonyl (C=O) groups is 1. The number of hydrogen-bond donors (Lipinski definition) is 1. The number of halogens is 1. The van der Waals surface area contributed by atoms with E-state index in [1.807, 2.05) is 0 Å². The second-order valence-electron chi connectivity index (χ2n) is 3.71. The van der Waals surface area contributed by atoms with E-state index < -0.39 is 6.16 Å². The Hall–Kier alpha value is -2.34. The van der Waals surface area contributed by atoms with Gasteiger partial charge in [0.25, 0.3) is 0 Å². The van der Waals surface area contributed by atoms with E-state index >= 15 is 0 Å². The Labute approximate surface area is 119 Å². The van der Waals surface area contributed by atoms with Gasteiger partial charge in [-0.15, -0.1) is 10.2 Å². The standard InChI is InChI=1S/C13H11ClN2O4/c1-2-19-13(18)20-8-3-4-9(11(17)7-8)10-5-6-12(14)16-15-10/h3-7,17H,2H2,1H3. The van der Waals surface area contributed by atoms with Crippen LogP contribution in [0, 0.1) is 0 Å². The summed E-state index contributed by atoms with van der Waals surface area (Å²) in [7, 11) is 0.